The molecule has 1 aliphatic heterocycles. The van der Waals surface area contributed by atoms with Gasteiger partial charge in [0.1, 0.15) is 5.69 Å². The number of hydrogen-bond acceptors (Lipinski definition) is 3. The van der Waals surface area contributed by atoms with Gasteiger partial charge in [-0.05, 0) is 32.3 Å². The monoisotopic (exact) mass is 293 g/mol. The van der Waals surface area contributed by atoms with E-state index in [9.17, 15) is 14.7 Å². The number of carbonyl (C=O) groups excluding carboxylic acids is 1. The van der Waals surface area contributed by atoms with E-state index in [2.05, 4.69) is 18.9 Å². The summed E-state index contributed by atoms with van der Waals surface area (Å²) in [7, 11) is 0. The van der Waals surface area contributed by atoms with E-state index in [0.717, 1.165) is 12.8 Å². The summed E-state index contributed by atoms with van der Waals surface area (Å²) >= 11 is 0. The Kier molecular flexibility index (Phi) is 4.34. The van der Waals surface area contributed by atoms with Crippen molar-refractivity contribution in [3.63, 3.8) is 0 Å². The quantitative estimate of drug-likeness (QED) is 0.903. The predicted molar refractivity (Wildman–Crippen MR) is 78.1 cm³/mol. The minimum absolute atomic E-state index is 0.121. The summed E-state index contributed by atoms with van der Waals surface area (Å²) in [4.78, 5) is 25.6. The van der Waals surface area contributed by atoms with E-state index in [1.165, 1.54) is 0 Å². The zero-order valence-electron chi connectivity index (χ0n) is 12.9. The summed E-state index contributed by atoms with van der Waals surface area (Å²) < 4.78 is 1.78. The van der Waals surface area contributed by atoms with Crippen LogP contribution in [0.5, 0.6) is 0 Å². The minimum Gasteiger partial charge on any atom is -0.481 e. The highest BCUT2D eigenvalue weighted by Crippen LogP contribution is 2.31. The van der Waals surface area contributed by atoms with E-state index in [1.807, 2.05) is 0 Å². The molecule has 0 spiro atoms. The molecule has 116 valence electrons. The Bertz CT molecular complexity index is 536. The first-order chi connectivity index (χ1) is 9.92. The molecular formula is C15H23N3O3. The molecule has 1 amide bonds. The molecule has 0 radical (unpaired) electrons. The van der Waals surface area contributed by atoms with Gasteiger partial charge in [-0.1, -0.05) is 13.8 Å². The first-order valence-electron chi connectivity index (χ1n) is 7.49. The van der Waals surface area contributed by atoms with Crippen LogP contribution in [0.25, 0.3) is 0 Å². The number of aromatic nitrogens is 2. The fourth-order valence-corrected chi connectivity index (χ4v) is 2.88. The van der Waals surface area contributed by atoms with Gasteiger partial charge in [0.05, 0.1) is 11.5 Å². The summed E-state index contributed by atoms with van der Waals surface area (Å²) in [5.41, 5.74) is -0.284. The molecule has 2 rings (SSSR count). The molecule has 1 saturated heterocycles. The van der Waals surface area contributed by atoms with Crippen molar-refractivity contribution in [1.82, 2.24) is 14.7 Å². The van der Waals surface area contributed by atoms with Crippen molar-refractivity contribution in [3.05, 3.63) is 18.0 Å². The Labute approximate surface area is 124 Å². The molecule has 2 heterocycles. The van der Waals surface area contributed by atoms with Crippen LogP contribution in [-0.4, -0.2) is 44.8 Å². The molecule has 0 saturated carbocycles. The Hall–Kier alpha value is -1.85. The van der Waals surface area contributed by atoms with Crippen molar-refractivity contribution in [2.45, 2.75) is 46.1 Å². The zero-order chi connectivity index (χ0) is 15.6. The maximum absolute atomic E-state index is 12.6. The van der Waals surface area contributed by atoms with Gasteiger partial charge in [-0.2, -0.15) is 5.10 Å². The summed E-state index contributed by atoms with van der Waals surface area (Å²) in [6.07, 6.45) is 3.95. The van der Waals surface area contributed by atoms with Gasteiger partial charge in [-0.15, -0.1) is 0 Å². The summed E-state index contributed by atoms with van der Waals surface area (Å²) in [6, 6.07) is 1.92. The van der Waals surface area contributed by atoms with Gasteiger partial charge in [-0.25, -0.2) is 0 Å². The van der Waals surface area contributed by atoms with E-state index in [4.69, 9.17) is 0 Å². The summed E-state index contributed by atoms with van der Waals surface area (Å²) in [5.74, 6) is -0.962. The standard InChI is InChI=1S/C15H23N3O3/c1-4-11(5-2)18-12(6-8-16-18)13(19)17-9-7-15(3,10-17)14(20)21/h6,8,11H,4-5,7,9-10H2,1-3H3,(H,20,21). The fourth-order valence-electron chi connectivity index (χ4n) is 2.88. The zero-order valence-corrected chi connectivity index (χ0v) is 12.9. The second-order valence-corrected chi connectivity index (χ2v) is 5.97. The van der Waals surface area contributed by atoms with Crippen LogP contribution in [-0.2, 0) is 4.79 Å². The number of amides is 1. The molecule has 1 aliphatic rings. The van der Waals surface area contributed by atoms with Gasteiger partial charge in [0.25, 0.3) is 5.91 Å². The lowest BCUT2D eigenvalue weighted by molar-refractivity contribution is -0.147. The molecule has 0 bridgehead atoms. The second kappa shape index (κ2) is 5.87. The minimum atomic E-state index is -0.841. The van der Waals surface area contributed by atoms with Crippen LogP contribution in [0.2, 0.25) is 0 Å². The highest BCUT2D eigenvalue weighted by molar-refractivity contribution is 5.93. The topological polar surface area (TPSA) is 75.4 Å². The number of aliphatic carboxylic acids is 1. The lowest BCUT2D eigenvalue weighted by Crippen LogP contribution is -2.36. The van der Waals surface area contributed by atoms with Crippen LogP contribution in [0.3, 0.4) is 0 Å². The lowest BCUT2D eigenvalue weighted by Gasteiger charge is -2.22. The van der Waals surface area contributed by atoms with Crippen molar-refractivity contribution >= 4 is 11.9 Å². The third-order valence-corrected chi connectivity index (χ3v) is 4.45. The molecule has 1 unspecified atom stereocenters. The van der Waals surface area contributed by atoms with Gasteiger partial charge >= 0.3 is 5.97 Å². The van der Waals surface area contributed by atoms with Crippen LogP contribution in [0.15, 0.2) is 12.3 Å². The molecule has 6 heteroatoms. The second-order valence-electron chi connectivity index (χ2n) is 5.97. The average Bonchev–Trinajstić information content (AvgIpc) is 3.07. The largest absolute Gasteiger partial charge is 0.481 e. The van der Waals surface area contributed by atoms with Gasteiger partial charge in [0, 0.05) is 19.3 Å². The SMILES string of the molecule is CCC(CC)n1nccc1C(=O)N1CCC(C)(C(=O)O)C1. The third kappa shape index (κ3) is 2.80. The normalized spacial score (nSPS) is 22.0. The number of hydrogen-bond donors (Lipinski definition) is 1. The highest BCUT2D eigenvalue weighted by atomic mass is 16.4. The molecule has 0 aliphatic carbocycles. The molecule has 1 aromatic rings. The number of rotatable bonds is 5. The molecule has 1 N–H and O–H groups in total. The fraction of sp³-hybridized carbons (Fsp3) is 0.667. The molecule has 1 aromatic heterocycles. The van der Waals surface area contributed by atoms with Gasteiger partial charge in [0.2, 0.25) is 0 Å². The van der Waals surface area contributed by atoms with E-state index >= 15 is 0 Å². The smallest absolute Gasteiger partial charge is 0.311 e. The lowest BCUT2D eigenvalue weighted by atomic mass is 9.90. The van der Waals surface area contributed by atoms with E-state index in [0.29, 0.717) is 18.7 Å². The van der Waals surface area contributed by atoms with E-state index < -0.39 is 11.4 Å². The predicted octanol–water partition coefficient (Wildman–Crippen LogP) is 2.18. The first kappa shape index (κ1) is 15.5. The molecular weight excluding hydrogens is 270 g/mol. The first-order valence-corrected chi connectivity index (χ1v) is 7.49. The van der Waals surface area contributed by atoms with Crippen molar-refractivity contribution < 1.29 is 14.7 Å². The Balaban J connectivity index is 2.19. The molecule has 1 atom stereocenters. The van der Waals surface area contributed by atoms with Crippen molar-refractivity contribution in [2.24, 2.45) is 5.41 Å². The van der Waals surface area contributed by atoms with Crippen LogP contribution in [0.1, 0.15) is 56.6 Å². The Morgan fingerprint density at radius 1 is 1.43 bits per heavy atom. The number of carboxylic acid groups (broad SMARTS) is 1. The summed E-state index contributed by atoms with van der Waals surface area (Å²) in [6.45, 7) is 6.58. The number of carboxylic acids is 1. The Morgan fingerprint density at radius 2 is 2.10 bits per heavy atom. The number of likely N-dealkylation sites (tertiary alicyclic amines) is 1. The number of carbonyl (C=O) groups is 2. The maximum atomic E-state index is 12.6. The van der Waals surface area contributed by atoms with Crippen LogP contribution in [0.4, 0.5) is 0 Å². The van der Waals surface area contributed by atoms with Gasteiger partial charge in [-0.3, -0.25) is 14.3 Å². The van der Waals surface area contributed by atoms with Crippen LogP contribution >= 0.6 is 0 Å². The maximum Gasteiger partial charge on any atom is 0.311 e. The Morgan fingerprint density at radius 3 is 2.62 bits per heavy atom. The van der Waals surface area contributed by atoms with E-state index in [1.54, 1.807) is 28.8 Å². The molecule has 0 aromatic carbocycles. The number of nitrogens with zero attached hydrogens (tertiary/aromatic N) is 3. The molecule has 1 fully saturated rings. The average molecular weight is 293 g/mol. The molecule has 6 nitrogen and oxygen atoms in total. The third-order valence-electron chi connectivity index (χ3n) is 4.45. The summed E-state index contributed by atoms with van der Waals surface area (Å²) in [5, 5.41) is 13.5. The van der Waals surface area contributed by atoms with Gasteiger partial charge in [0.15, 0.2) is 0 Å². The van der Waals surface area contributed by atoms with Gasteiger partial charge < -0.3 is 10.0 Å². The van der Waals surface area contributed by atoms with Crippen LogP contribution < -0.4 is 0 Å². The van der Waals surface area contributed by atoms with Crippen molar-refractivity contribution in [3.8, 4) is 0 Å². The van der Waals surface area contributed by atoms with Crippen molar-refractivity contribution in [2.75, 3.05) is 13.1 Å². The van der Waals surface area contributed by atoms with Crippen LogP contribution in [0, 0.1) is 5.41 Å². The van der Waals surface area contributed by atoms with E-state index in [-0.39, 0.29) is 18.5 Å². The van der Waals surface area contributed by atoms with Crippen molar-refractivity contribution in [1.29, 1.82) is 0 Å². The highest BCUT2D eigenvalue weighted by Gasteiger charge is 2.42. The molecule has 21 heavy (non-hydrogen) atoms.